The molecule has 6 aromatic rings. The van der Waals surface area contributed by atoms with Crippen molar-refractivity contribution in [2.45, 2.75) is 342 Å². The fraction of sp³-hybridized carbons (Fsp3) is 0.684. The van der Waals surface area contributed by atoms with Crippen molar-refractivity contribution in [2.24, 2.45) is 112 Å². The summed E-state index contributed by atoms with van der Waals surface area (Å²) in [6.45, 7) is 12.5. The largest absolute Gasteiger partial charge is 0.481 e. The summed E-state index contributed by atoms with van der Waals surface area (Å²) in [6.07, 6.45) is 30.5. The topological polar surface area (TPSA) is 391 Å². The Labute approximate surface area is 871 Å². The molecule has 34 rings (SSSR count). The summed E-state index contributed by atoms with van der Waals surface area (Å²) in [5.74, 6) is 4.91. The average Bonchev–Trinajstić information content (AvgIpc) is 0.847. The number of nitrogens with zero attached hydrogens (tertiary/aromatic N) is 7. The first-order valence-electron chi connectivity index (χ1n) is 55.3. The number of aromatic amines is 2. The third kappa shape index (κ3) is 19.7. The van der Waals surface area contributed by atoms with Gasteiger partial charge >= 0.3 is 48.3 Å². The van der Waals surface area contributed by atoms with Gasteiger partial charge in [-0.1, -0.05) is 24.3 Å². The number of ether oxygens (including phenoxy) is 6. The molecule has 0 spiro atoms. The first kappa shape index (κ1) is 104. The Morgan fingerprint density at radius 2 is 0.858 bits per heavy atom. The lowest BCUT2D eigenvalue weighted by molar-refractivity contribution is -0.176. The fourth-order valence-electron chi connectivity index (χ4n) is 34.2. The van der Waals surface area contributed by atoms with Crippen molar-refractivity contribution in [3.05, 3.63) is 116 Å². The number of Topliss-reactive ketones (excluding diaryl/α,β-unsaturated/α-hetero) is 1. The minimum absolute atomic E-state index is 0.00543. The first-order chi connectivity index (χ1) is 71.2. The second kappa shape index (κ2) is 42.4. The summed E-state index contributed by atoms with van der Waals surface area (Å²) in [5.41, 5.74) is 2.55. The number of hydrogen-bond donors (Lipinski definition) is 6. The second-order valence-electron chi connectivity index (χ2n) is 48.2. The molecule has 28 fully saturated rings. The van der Waals surface area contributed by atoms with E-state index in [1.54, 1.807) is 39.7 Å². The summed E-state index contributed by atoms with van der Waals surface area (Å²) < 4.78 is 60.7. The van der Waals surface area contributed by atoms with E-state index in [4.69, 9.17) is 33.5 Å². The molecule has 6 N–H and O–H groups in total. The van der Waals surface area contributed by atoms with Gasteiger partial charge < -0.3 is 78.6 Å². The van der Waals surface area contributed by atoms with Crippen molar-refractivity contribution >= 4 is 110 Å². The predicted molar refractivity (Wildman–Crippen MR) is 544 cm³/mol. The van der Waals surface area contributed by atoms with E-state index in [0.717, 1.165) is 191 Å². The van der Waals surface area contributed by atoms with Crippen LogP contribution in [0.15, 0.2) is 83.8 Å². The number of nitriles is 1. The van der Waals surface area contributed by atoms with Crippen LogP contribution in [0.25, 0.3) is 21.8 Å². The molecule has 36 atom stereocenters. The molecular weight excluding hydrogens is 1930 g/mol. The number of carboxylic acids is 1. The van der Waals surface area contributed by atoms with Crippen LogP contribution < -0.4 is 5.32 Å². The summed E-state index contributed by atoms with van der Waals surface area (Å²) in [4.78, 5) is 155. The van der Waals surface area contributed by atoms with E-state index in [2.05, 4.69) is 21.4 Å². The Morgan fingerprint density at radius 3 is 1.32 bits per heavy atom. The molecule has 14 aliphatic carbocycles. The zero-order valence-electron chi connectivity index (χ0n) is 86.2. The standard InChI is InChI=1S/C27H29FN2O3S.C25H25FN2O3S.C17H27NO4.C12H16N2O2.C12H19NO2.C11H15NO3.C10H15NO3/c1-2-33-27(32)25-16-9-15-10-17(12-16)30(22(25)11-15)24(31)13-18(23-7-4-8-34-23)19-14-29-21-6-3-5-20(28)26(19)21;26-18-3-1-4-19-24(18)17(12-27-19)16(21-5-2-6-32-21)11-22(29)28-15-8-13-7-14(10-15)23(25(30)31)20(28)9-13;1-5-21-15(19)14-11-6-10-7-12(9-11)18(13(14)8-10)16(20)22-17(2,3)4;1-16-12(15)14-9-3-7-2-8(5-9)10(6-13)11(14)4-7;1-2-15-12(14)11-8-3-7-4-9(6-8)13-10(11)5-7;1-15-11(14)12-8-3-6-2-7(5-8)10(13)9(12)4-6;12-9-6-1-5-2-7(4-6)11(10(13)14)8(9)3-5/h3-8,14-18,22,25,29H,2,9-13H2,1H3;1-6,12-16,20,23,27H,7-11H2,(H,30,31);10-14H,5-9H2,1-4H3;7-11H,2-5H2,1H3;7-11,13H,2-6H2,1H3;6-9H,2-5H2,1H3;5-9,12H,1-4H2,(H,13,14). The Hall–Kier alpha value is -10.2. The second-order valence-corrected chi connectivity index (χ2v) is 50.2. The lowest BCUT2D eigenvalue weighted by Gasteiger charge is -2.59. The number of piperidine rings is 14. The van der Waals surface area contributed by atoms with Crippen molar-refractivity contribution in [3.63, 3.8) is 0 Å². The van der Waals surface area contributed by atoms with Crippen LogP contribution in [0.4, 0.5) is 28.0 Å². The number of fused-ring (bicyclic) bond motifs is 2. The predicted octanol–water partition coefficient (Wildman–Crippen LogP) is 18.6. The zero-order chi connectivity index (χ0) is 104. The van der Waals surface area contributed by atoms with Crippen molar-refractivity contribution in [1.29, 1.82) is 5.26 Å². The molecule has 2 aromatic carbocycles. The number of esters is 3. The number of methoxy groups -OCH3 is 2. The number of thiophene rings is 2. The van der Waals surface area contributed by atoms with Gasteiger partial charge in [0.05, 0.1) is 93.9 Å². The maximum atomic E-state index is 14.9. The summed E-state index contributed by atoms with van der Waals surface area (Å²) in [6, 6.07) is 22.3. The number of aliphatic hydroxyl groups is 1. The van der Waals surface area contributed by atoms with Crippen LogP contribution in [-0.4, -0.2) is 251 Å². The number of amides is 6. The normalized spacial score (nSPS) is 36.8. The van der Waals surface area contributed by atoms with Gasteiger partial charge in [0.1, 0.15) is 17.2 Å². The van der Waals surface area contributed by atoms with Crippen LogP contribution in [0.5, 0.6) is 0 Å². The van der Waals surface area contributed by atoms with E-state index in [9.17, 15) is 77.0 Å². The number of rotatable bonds is 15. The van der Waals surface area contributed by atoms with Crippen LogP contribution in [-0.2, 0) is 62.0 Å². The summed E-state index contributed by atoms with van der Waals surface area (Å²) >= 11 is 3.16. The van der Waals surface area contributed by atoms with Gasteiger partial charge in [0.25, 0.3) is 0 Å². The maximum Gasteiger partial charge on any atom is 0.410 e. The van der Waals surface area contributed by atoms with Crippen molar-refractivity contribution in [3.8, 4) is 6.07 Å². The van der Waals surface area contributed by atoms with E-state index in [1.165, 1.54) is 63.4 Å². The Balaban J connectivity index is 0.000000104. The molecule has 30 nitrogen and oxygen atoms in total. The van der Waals surface area contributed by atoms with E-state index in [1.807, 2.05) is 121 Å². The van der Waals surface area contributed by atoms with Gasteiger partial charge in [-0.2, -0.15) is 5.26 Å². The van der Waals surface area contributed by atoms with Crippen LogP contribution in [0, 0.1) is 135 Å². The van der Waals surface area contributed by atoms with Crippen LogP contribution in [0.2, 0.25) is 0 Å². The fourth-order valence-corrected chi connectivity index (χ4v) is 35.9. The van der Waals surface area contributed by atoms with E-state index >= 15 is 0 Å². The molecule has 14 saturated heterocycles. The number of hydrogen-bond acceptors (Lipinski definition) is 22. The first-order valence-corrected chi connectivity index (χ1v) is 57.1. The van der Waals surface area contributed by atoms with Gasteiger partial charge in [-0.05, 0) is 357 Å². The van der Waals surface area contributed by atoms with E-state index in [0.29, 0.717) is 108 Å². The Bertz CT molecular complexity index is 5960. The maximum absolute atomic E-state index is 14.9. The molecular formula is C114H146F2N10O20S2. The van der Waals surface area contributed by atoms with Crippen molar-refractivity contribution < 1.29 is 105 Å². The number of carboxylic acid groups (broad SMARTS) is 2. The number of carbonyl (C=O) groups excluding carboxylic acids is 9. The highest BCUT2D eigenvalue weighted by Crippen LogP contribution is 2.60. The van der Waals surface area contributed by atoms with Gasteiger partial charge in [0.15, 0.2) is 5.78 Å². The molecule has 36 unspecified atom stereocenters. The molecule has 6 amide bonds. The number of aromatic nitrogens is 2. The van der Waals surface area contributed by atoms with Crippen molar-refractivity contribution in [2.75, 3.05) is 34.0 Å². The molecule has 18 heterocycles. The monoisotopic (exact) mass is 2080 g/mol. The highest BCUT2D eigenvalue weighted by molar-refractivity contribution is 7.10. The van der Waals surface area contributed by atoms with Gasteiger partial charge in [0, 0.05) is 141 Å². The van der Waals surface area contributed by atoms with E-state index < -0.39 is 29.7 Å². The van der Waals surface area contributed by atoms with Gasteiger partial charge in [-0.3, -0.25) is 43.4 Å². The number of aliphatic carboxylic acids is 1. The Morgan fingerprint density at radius 1 is 0.446 bits per heavy atom. The third-order valence-electron chi connectivity index (χ3n) is 38.8. The lowest BCUT2D eigenvalue weighted by atomic mass is 9.58. The van der Waals surface area contributed by atoms with Gasteiger partial charge in [-0.15, -0.1) is 22.7 Å². The number of aliphatic hydroxyl groups excluding tert-OH is 1. The lowest BCUT2D eigenvalue weighted by Crippen LogP contribution is -2.66. The quantitative estimate of drug-likeness (QED) is 0.0411. The number of H-pyrrole nitrogens is 2. The molecule has 0 radical (unpaired) electrons. The number of nitrogens with one attached hydrogen (secondary N) is 3. The van der Waals surface area contributed by atoms with Crippen LogP contribution >= 0.6 is 22.7 Å². The van der Waals surface area contributed by atoms with Crippen LogP contribution in [0.1, 0.15) is 267 Å². The number of benzene rings is 2. The highest BCUT2D eigenvalue weighted by Gasteiger charge is 2.64. The molecule has 34 heteroatoms. The van der Waals surface area contributed by atoms with Crippen LogP contribution in [0.3, 0.4) is 0 Å². The van der Waals surface area contributed by atoms with Gasteiger partial charge in [-0.25, -0.2) is 28.0 Å². The summed E-state index contributed by atoms with van der Waals surface area (Å²) in [7, 11) is 2.81. The van der Waals surface area contributed by atoms with Gasteiger partial charge in [0.2, 0.25) is 11.8 Å². The molecule has 14 aliphatic heterocycles. The number of carbonyl (C=O) groups is 11. The highest BCUT2D eigenvalue weighted by atomic mass is 32.1. The molecule has 14 saturated carbocycles. The van der Waals surface area contributed by atoms with Crippen molar-refractivity contribution in [1.82, 2.24) is 44.7 Å². The average molecular weight is 2080 g/mol. The third-order valence-corrected chi connectivity index (χ3v) is 40.8. The zero-order valence-corrected chi connectivity index (χ0v) is 87.8. The molecule has 4 aromatic heterocycles. The van der Waals surface area contributed by atoms with E-state index in [-0.39, 0.29) is 192 Å². The SMILES string of the molecule is CCOC(=O)C1C2CC3CC(C2)N(C(=O)CC(c2cccs2)c2c[nH]c4cccc(F)c24)C1C3.CCOC(=O)C1C2CC3CC(C2)N(C(=O)OC(C)(C)C)C1C3.CCOC(=O)C1C2CC3CC(C2)NC1C3.COC(=O)N1C2CC3CC(C2)C(=O)C1C3.COC(=O)N1C2CC3CC(C2)C(C#N)C1C3.O=C(O)C1C2CC3CC(C2)N(C(=O)CC(c2cccs2)c2c[nH]c4cccc(F)c24)C1C3.O=C(O)N1C2CC3CC(C2)C(O)C1C3. The smallest absolute Gasteiger partial charge is 0.410 e. The molecule has 148 heavy (non-hydrogen) atoms. The molecule has 28 bridgehead atoms. The number of ketones is 1. The molecule has 28 aliphatic rings. The Kier molecular flexibility index (Phi) is 29.7. The minimum atomic E-state index is -0.849. The minimum Gasteiger partial charge on any atom is -0.481 e. The molecule has 798 valence electrons. The number of halogens is 2. The summed E-state index contributed by atoms with van der Waals surface area (Å²) in [5, 5.41) is 46.8.